The van der Waals surface area contributed by atoms with Crippen LogP contribution in [0, 0.1) is 12.8 Å². The van der Waals surface area contributed by atoms with Crippen molar-refractivity contribution in [3.8, 4) is 5.75 Å². The molecule has 0 fully saturated rings. The second-order valence-electron chi connectivity index (χ2n) is 9.98. The molecule has 3 aromatic rings. The lowest BCUT2D eigenvalue weighted by molar-refractivity contribution is -0.133. The zero-order valence-corrected chi connectivity index (χ0v) is 22.4. The molecule has 1 aromatic heterocycles. The Balaban J connectivity index is 1.70. The number of carbonyl (C=O) groups excluding carboxylic acids is 1. The van der Waals surface area contributed by atoms with Crippen LogP contribution in [0.2, 0.25) is 0 Å². The molecular formula is C29H34F2N4O3. The number of aliphatic hydroxyl groups is 1. The molecule has 0 bridgehead atoms. The number of methoxy groups -OCH3 is 1. The molecule has 0 radical (unpaired) electrons. The van der Waals surface area contributed by atoms with Crippen molar-refractivity contribution in [3.05, 3.63) is 65.0 Å². The molecule has 1 amide bonds. The molecule has 0 saturated heterocycles. The van der Waals surface area contributed by atoms with E-state index in [0.29, 0.717) is 34.9 Å². The van der Waals surface area contributed by atoms with Crippen LogP contribution >= 0.6 is 0 Å². The monoisotopic (exact) mass is 524 g/mol. The normalized spacial score (nSPS) is 16.6. The highest BCUT2D eigenvalue weighted by Crippen LogP contribution is 2.39. The third-order valence-electron chi connectivity index (χ3n) is 7.04. The number of aromatic nitrogens is 2. The number of halogens is 2. The lowest BCUT2D eigenvalue weighted by Gasteiger charge is -2.25. The first-order valence-electron chi connectivity index (χ1n) is 12.7. The van der Waals surface area contributed by atoms with Crippen LogP contribution in [0.3, 0.4) is 0 Å². The van der Waals surface area contributed by atoms with Crippen LogP contribution in [0.4, 0.5) is 14.6 Å². The molecule has 1 aliphatic carbocycles. The molecule has 1 aliphatic rings. The summed E-state index contributed by atoms with van der Waals surface area (Å²) in [6.07, 6.45) is 4.26. The van der Waals surface area contributed by atoms with Gasteiger partial charge < -0.3 is 20.1 Å². The van der Waals surface area contributed by atoms with Gasteiger partial charge in [-0.3, -0.25) is 4.79 Å². The van der Waals surface area contributed by atoms with Crippen molar-refractivity contribution in [2.45, 2.75) is 45.1 Å². The SMILES string of the molecule is COc1cc2nc(C)nc(N[C@H](C)c3cccc(C(F)(F)CO)c3)c2cc1C1=CCC(C(=O)N(C)C)CC1. The Morgan fingerprint density at radius 1 is 1.26 bits per heavy atom. The minimum absolute atomic E-state index is 0.0294. The fourth-order valence-corrected chi connectivity index (χ4v) is 4.89. The molecule has 1 unspecified atom stereocenters. The quantitative estimate of drug-likeness (QED) is 0.406. The van der Waals surface area contributed by atoms with Gasteiger partial charge in [-0.05, 0) is 56.4 Å². The number of fused-ring (bicyclic) bond motifs is 1. The van der Waals surface area contributed by atoms with Gasteiger partial charge in [-0.15, -0.1) is 0 Å². The molecular weight excluding hydrogens is 490 g/mol. The number of aliphatic hydroxyl groups excluding tert-OH is 1. The summed E-state index contributed by atoms with van der Waals surface area (Å²) in [5.74, 6) is -1.38. The number of nitrogens with one attached hydrogen (secondary N) is 1. The maximum absolute atomic E-state index is 14.1. The van der Waals surface area contributed by atoms with Crippen molar-refractivity contribution in [2.75, 3.05) is 33.1 Å². The fraction of sp³-hybridized carbons (Fsp3) is 0.414. The number of aryl methyl sites for hydroxylation is 1. The number of carbonyl (C=O) groups is 1. The van der Waals surface area contributed by atoms with Gasteiger partial charge in [0.1, 0.15) is 24.0 Å². The first-order chi connectivity index (χ1) is 18.0. The summed E-state index contributed by atoms with van der Waals surface area (Å²) in [5, 5.41) is 13.2. The molecule has 0 spiro atoms. The Morgan fingerprint density at radius 2 is 2.03 bits per heavy atom. The van der Waals surface area contributed by atoms with Crippen LogP contribution in [0.25, 0.3) is 16.5 Å². The van der Waals surface area contributed by atoms with Gasteiger partial charge in [-0.25, -0.2) is 9.97 Å². The lowest BCUT2D eigenvalue weighted by atomic mass is 9.85. The zero-order chi connectivity index (χ0) is 27.6. The number of amides is 1. The van der Waals surface area contributed by atoms with Crippen LogP contribution in [0.5, 0.6) is 5.75 Å². The van der Waals surface area contributed by atoms with E-state index in [1.807, 2.05) is 19.1 Å². The maximum Gasteiger partial charge on any atom is 0.295 e. The van der Waals surface area contributed by atoms with E-state index in [9.17, 15) is 13.6 Å². The Morgan fingerprint density at radius 3 is 2.66 bits per heavy atom. The van der Waals surface area contributed by atoms with Crippen LogP contribution in [-0.4, -0.2) is 53.7 Å². The molecule has 1 heterocycles. The van der Waals surface area contributed by atoms with E-state index in [0.717, 1.165) is 29.4 Å². The molecule has 9 heteroatoms. The largest absolute Gasteiger partial charge is 0.496 e. The van der Waals surface area contributed by atoms with Gasteiger partial charge in [0.15, 0.2) is 0 Å². The summed E-state index contributed by atoms with van der Waals surface area (Å²) < 4.78 is 33.9. The van der Waals surface area contributed by atoms with Gasteiger partial charge in [0.05, 0.1) is 12.6 Å². The van der Waals surface area contributed by atoms with Crippen molar-refractivity contribution in [1.82, 2.24) is 14.9 Å². The van der Waals surface area contributed by atoms with Gasteiger partial charge in [0.2, 0.25) is 5.91 Å². The molecule has 7 nitrogen and oxygen atoms in total. The number of alkyl halides is 2. The smallest absolute Gasteiger partial charge is 0.295 e. The number of allylic oxidation sites excluding steroid dienone is 2. The molecule has 0 saturated carbocycles. The van der Waals surface area contributed by atoms with Gasteiger partial charge in [0.25, 0.3) is 5.92 Å². The second kappa shape index (κ2) is 11.0. The number of benzene rings is 2. The van der Waals surface area contributed by atoms with Gasteiger partial charge in [0, 0.05) is 48.6 Å². The predicted molar refractivity (Wildman–Crippen MR) is 144 cm³/mol. The van der Waals surface area contributed by atoms with E-state index in [4.69, 9.17) is 9.84 Å². The Labute approximate surface area is 221 Å². The lowest BCUT2D eigenvalue weighted by Crippen LogP contribution is -2.30. The number of hydrogen-bond acceptors (Lipinski definition) is 6. The third-order valence-corrected chi connectivity index (χ3v) is 7.04. The van der Waals surface area contributed by atoms with Crippen LogP contribution in [0.15, 0.2) is 42.5 Å². The van der Waals surface area contributed by atoms with E-state index in [-0.39, 0.29) is 23.4 Å². The first-order valence-corrected chi connectivity index (χ1v) is 12.7. The average Bonchev–Trinajstić information content (AvgIpc) is 2.91. The van der Waals surface area contributed by atoms with Crippen molar-refractivity contribution < 1.29 is 23.4 Å². The topological polar surface area (TPSA) is 87.6 Å². The molecule has 2 N–H and O–H groups in total. The van der Waals surface area contributed by atoms with Crippen LogP contribution < -0.4 is 10.1 Å². The highest BCUT2D eigenvalue weighted by molar-refractivity contribution is 5.94. The molecule has 2 aromatic carbocycles. The Kier molecular flexibility index (Phi) is 7.97. The highest BCUT2D eigenvalue weighted by atomic mass is 19.3. The number of anilines is 1. The second-order valence-corrected chi connectivity index (χ2v) is 9.98. The van der Waals surface area contributed by atoms with E-state index >= 15 is 0 Å². The molecule has 0 aliphatic heterocycles. The predicted octanol–water partition coefficient (Wildman–Crippen LogP) is 5.48. The van der Waals surface area contributed by atoms with E-state index in [1.165, 1.54) is 12.1 Å². The van der Waals surface area contributed by atoms with Crippen molar-refractivity contribution in [1.29, 1.82) is 0 Å². The van der Waals surface area contributed by atoms with Crippen molar-refractivity contribution >= 4 is 28.2 Å². The average molecular weight is 525 g/mol. The van der Waals surface area contributed by atoms with Crippen LogP contribution in [-0.2, 0) is 10.7 Å². The summed E-state index contributed by atoms with van der Waals surface area (Å²) in [6, 6.07) is 9.56. The molecule has 4 rings (SSSR count). The highest BCUT2D eigenvalue weighted by Gasteiger charge is 2.31. The summed E-state index contributed by atoms with van der Waals surface area (Å²) in [6.45, 7) is 2.41. The summed E-state index contributed by atoms with van der Waals surface area (Å²) in [7, 11) is 5.18. The van der Waals surface area contributed by atoms with Gasteiger partial charge in [-0.1, -0.05) is 24.3 Å². The van der Waals surface area contributed by atoms with Crippen molar-refractivity contribution in [3.63, 3.8) is 0 Å². The molecule has 2 atom stereocenters. The summed E-state index contributed by atoms with van der Waals surface area (Å²) >= 11 is 0. The van der Waals surface area contributed by atoms with E-state index < -0.39 is 12.5 Å². The molecule has 202 valence electrons. The Hall–Kier alpha value is -3.59. The number of nitrogens with zero attached hydrogens (tertiary/aromatic N) is 3. The van der Waals surface area contributed by atoms with Crippen molar-refractivity contribution in [2.24, 2.45) is 5.92 Å². The van der Waals surface area contributed by atoms with E-state index in [1.54, 1.807) is 45.2 Å². The maximum atomic E-state index is 14.1. The number of rotatable bonds is 8. The summed E-state index contributed by atoms with van der Waals surface area (Å²) in [5.41, 5.74) is 3.12. The number of hydrogen-bond donors (Lipinski definition) is 2. The standard InChI is InChI=1S/C29H34F2N4O3/c1-17(21-7-6-8-22(13-21)29(30,31)16-36)32-27-24-14-23(26(38-5)15-25(24)33-18(2)34-27)19-9-11-20(12-10-19)28(37)35(3)4/h6-9,13-15,17,20,36H,10-12,16H2,1-5H3,(H,32,33,34)/t17-,20?/m1/s1. The zero-order valence-electron chi connectivity index (χ0n) is 22.4. The van der Waals surface area contributed by atoms with Gasteiger partial charge in [-0.2, -0.15) is 8.78 Å². The van der Waals surface area contributed by atoms with E-state index in [2.05, 4.69) is 21.4 Å². The van der Waals surface area contributed by atoms with Crippen LogP contribution in [0.1, 0.15) is 54.7 Å². The fourth-order valence-electron chi connectivity index (χ4n) is 4.89. The third kappa shape index (κ3) is 5.62. The van der Waals surface area contributed by atoms with Gasteiger partial charge >= 0.3 is 0 Å². The first kappa shape index (κ1) is 27.4. The summed E-state index contributed by atoms with van der Waals surface area (Å²) in [4.78, 5) is 23.3. The molecule has 38 heavy (non-hydrogen) atoms. The minimum Gasteiger partial charge on any atom is -0.496 e. The Bertz CT molecular complexity index is 1370. The minimum atomic E-state index is -3.32. The number of ether oxygens (including phenoxy) is 1.